The maximum absolute atomic E-state index is 13.2. The van der Waals surface area contributed by atoms with Gasteiger partial charge in [-0.15, -0.1) is 0 Å². The van der Waals surface area contributed by atoms with E-state index < -0.39 is 33.3 Å². The third-order valence-electron chi connectivity index (χ3n) is 4.19. The number of hydrogen-bond acceptors (Lipinski definition) is 6. The number of halogens is 1. The molecule has 1 aromatic carbocycles. The molecule has 152 valence electrons. The molecular formula is C17H27FN4O4S. The van der Waals surface area contributed by atoms with Gasteiger partial charge in [-0.05, 0) is 58.7 Å². The molecule has 1 amide bonds. The summed E-state index contributed by atoms with van der Waals surface area (Å²) in [4.78, 5) is 13.7. The molecule has 4 N–H and O–H groups in total. The van der Waals surface area contributed by atoms with Gasteiger partial charge in [0.1, 0.15) is 11.4 Å². The summed E-state index contributed by atoms with van der Waals surface area (Å²) in [6.07, 6.45) is -0.0620. The molecule has 0 aliphatic carbocycles. The Balaban J connectivity index is 1.97. The lowest BCUT2D eigenvalue weighted by molar-refractivity contribution is 0.0569. The Morgan fingerprint density at radius 3 is 2.41 bits per heavy atom. The number of hydrogen-bond donors (Lipinski definition) is 3. The molecule has 1 aromatic rings. The standard InChI is InChI=1S/C17H27FN4O4S/c1-16(2,3)26-15(23)20-27(24,25)21-17(4)7-9-22(10-8-17)14-6-5-12(18)11-13(14)19/h5-6,11,21H,7-10,19H2,1-4H3,(H,20,23). The first kappa shape index (κ1) is 21.2. The van der Waals surface area contributed by atoms with Crippen molar-refractivity contribution >= 4 is 27.7 Å². The zero-order chi connectivity index (χ0) is 20.5. The lowest BCUT2D eigenvalue weighted by Crippen LogP contribution is -2.57. The Morgan fingerprint density at radius 1 is 1.30 bits per heavy atom. The molecule has 10 heteroatoms. The van der Waals surface area contributed by atoms with Gasteiger partial charge in [0.05, 0.1) is 11.4 Å². The quantitative estimate of drug-likeness (QED) is 0.665. The minimum absolute atomic E-state index is 0.339. The summed E-state index contributed by atoms with van der Waals surface area (Å²) < 4.78 is 47.1. The van der Waals surface area contributed by atoms with Crippen LogP contribution in [0.2, 0.25) is 0 Å². The van der Waals surface area contributed by atoms with E-state index in [1.54, 1.807) is 33.8 Å². The molecule has 1 saturated heterocycles. The highest BCUT2D eigenvalue weighted by Gasteiger charge is 2.35. The van der Waals surface area contributed by atoms with Crippen LogP contribution >= 0.6 is 0 Å². The first-order valence-electron chi connectivity index (χ1n) is 8.63. The highest BCUT2D eigenvalue weighted by atomic mass is 32.2. The van der Waals surface area contributed by atoms with Crippen molar-refractivity contribution in [3.05, 3.63) is 24.0 Å². The van der Waals surface area contributed by atoms with Crippen LogP contribution in [0.15, 0.2) is 18.2 Å². The number of rotatable bonds is 4. The average molecular weight is 402 g/mol. The molecule has 0 radical (unpaired) electrons. The van der Waals surface area contributed by atoms with E-state index in [9.17, 15) is 17.6 Å². The van der Waals surface area contributed by atoms with Crippen LogP contribution in [0, 0.1) is 5.82 Å². The van der Waals surface area contributed by atoms with Gasteiger partial charge in [0.25, 0.3) is 0 Å². The first-order valence-corrected chi connectivity index (χ1v) is 10.1. The van der Waals surface area contributed by atoms with Gasteiger partial charge in [-0.25, -0.2) is 13.9 Å². The molecule has 0 atom stereocenters. The fourth-order valence-corrected chi connectivity index (χ4v) is 4.08. The zero-order valence-corrected chi connectivity index (χ0v) is 16.8. The number of nitrogens with two attached hydrogens (primary N) is 1. The second-order valence-electron chi connectivity index (χ2n) is 7.96. The Hall–Kier alpha value is -2.07. The number of amides is 1. The fraction of sp³-hybridized carbons (Fsp3) is 0.588. The van der Waals surface area contributed by atoms with Gasteiger partial charge >= 0.3 is 16.3 Å². The van der Waals surface area contributed by atoms with Gasteiger partial charge in [0, 0.05) is 18.6 Å². The number of nitrogen functional groups attached to an aromatic ring is 1. The lowest BCUT2D eigenvalue weighted by atomic mass is 9.90. The van der Waals surface area contributed by atoms with E-state index in [1.807, 2.05) is 9.62 Å². The van der Waals surface area contributed by atoms with E-state index in [2.05, 4.69) is 4.72 Å². The number of nitrogens with zero attached hydrogens (tertiary/aromatic N) is 1. The van der Waals surface area contributed by atoms with E-state index >= 15 is 0 Å². The van der Waals surface area contributed by atoms with Crippen molar-refractivity contribution in [2.75, 3.05) is 23.7 Å². The van der Waals surface area contributed by atoms with Gasteiger partial charge < -0.3 is 15.4 Å². The number of carbonyl (C=O) groups excluding carboxylic acids is 1. The van der Waals surface area contributed by atoms with E-state index in [-0.39, 0.29) is 0 Å². The number of carbonyl (C=O) groups is 1. The summed E-state index contributed by atoms with van der Waals surface area (Å²) in [7, 11) is -4.07. The Labute approximate surface area is 159 Å². The summed E-state index contributed by atoms with van der Waals surface area (Å²) in [6, 6.07) is 4.21. The lowest BCUT2D eigenvalue weighted by Gasteiger charge is -2.40. The maximum atomic E-state index is 13.2. The number of nitrogens with one attached hydrogen (secondary N) is 2. The first-order chi connectivity index (χ1) is 12.3. The zero-order valence-electron chi connectivity index (χ0n) is 16.0. The molecule has 2 rings (SSSR count). The third kappa shape index (κ3) is 6.24. The van der Waals surface area contributed by atoms with Crippen LogP contribution in [0.3, 0.4) is 0 Å². The van der Waals surface area contributed by atoms with Crippen molar-refractivity contribution in [1.82, 2.24) is 9.44 Å². The number of anilines is 2. The normalized spacial score (nSPS) is 17.4. The maximum Gasteiger partial charge on any atom is 0.422 e. The monoisotopic (exact) mass is 402 g/mol. The summed E-state index contributed by atoms with van der Waals surface area (Å²) in [5, 5.41) is 0. The summed E-state index contributed by atoms with van der Waals surface area (Å²) in [6.45, 7) is 7.76. The smallest absolute Gasteiger partial charge is 0.422 e. The molecule has 0 spiro atoms. The minimum atomic E-state index is -4.07. The molecule has 0 saturated carbocycles. The van der Waals surface area contributed by atoms with E-state index in [1.165, 1.54) is 12.1 Å². The second-order valence-corrected chi connectivity index (χ2v) is 9.38. The molecule has 27 heavy (non-hydrogen) atoms. The van der Waals surface area contributed by atoms with Crippen molar-refractivity contribution < 1.29 is 22.3 Å². The topological polar surface area (TPSA) is 114 Å². The van der Waals surface area contributed by atoms with Gasteiger partial charge in [-0.2, -0.15) is 13.1 Å². The minimum Gasteiger partial charge on any atom is -0.443 e. The van der Waals surface area contributed by atoms with Gasteiger partial charge in [0.2, 0.25) is 0 Å². The summed E-state index contributed by atoms with van der Waals surface area (Å²) in [5.74, 6) is -0.404. The van der Waals surface area contributed by atoms with Gasteiger partial charge in [0.15, 0.2) is 0 Å². The third-order valence-corrected chi connectivity index (χ3v) is 5.39. The predicted molar refractivity (Wildman–Crippen MR) is 102 cm³/mol. The Morgan fingerprint density at radius 2 is 1.89 bits per heavy atom. The second kappa shape index (κ2) is 7.51. The summed E-state index contributed by atoms with van der Waals surface area (Å²) >= 11 is 0. The molecule has 1 aliphatic heterocycles. The van der Waals surface area contributed by atoms with Crippen LogP contribution in [0.4, 0.5) is 20.6 Å². The van der Waals surface area contributed by atoms with Crippen molar-refractivity contribution in [2.24, 2.45) is 0 Å². The largest absolute Gasteiger partial charge is 0.443 e. The molecule has 8 nitrogen and oxygen atoms in total. The van der Waals surface area contributed by atoms with Crippen LogP contribution in [-0.2, 0) is 14.9 Å². The van der Waals surface area contributed by atoms with Crippen molar-refractivity contribution in [2.45, 2.75) is 51.7 Å². The molecule has 1 heterocycles. The number of ether oxygens (including phenoxy) is 1. The number of piperidine rings is 1. The van der Waals surface area contributed by atoms with Crippen LogP contribution in [-0.4, -0.2) is 38.7 Å². The SMILES string of the molecule is CC1(NS(=O)(=O)NC(=O)OC(C)(C)C)CCN(c2ccc(F)cc2N)CC1. The molecule has 0 bridgehead atoms. The highest BCUT2D eigenvalue weighted by Crippen LogP contribution is 2.30. The van der Waals surface area contributed by atoms with Crippen LogP contribution in [0.1, 0.15) is 40.5 Å². The summed E-state index contributed by atoms with van der Waals surface area (Å²) in [5.41, 5.74) is 5.39. The average Bonchev–Trinajstić information content (AvgIpc) is 2.45. The Kier molecular flexibility index (Phi) is 5.91. The Bertz CT molecular complexity index is 800. The highest BCUT2D eigenvalue weighted by molar-refractivity contribution is 7.88. The van der Waals surface area contributed by atoms with E-state index in [0.717, 1.165) is 0 Å². The fourth-order valence-electron chi connectivity index (χ4n) is 2.92. The molecule has 1 aliphatic rings. The van der Waals surface area contributed by atoms with Crippen molar-refractivity contribution in [3.63, 3.8) is 0 Å². The van der Waals surface area contributed by atoms with Gasteiger partial charge in [-0.1, -0.05) is 0 Å². The predicted octanol–water partition coefficient (Wildman–Crippen LogP) is 2.13. The molecule has 0 unspecified atom stereocenters. The van der Waals surface area contributed by atoms with Crippen molar-refractivity contribution in [3.8, 4) is 0 Å². The molecular weight excluding hydrogens is 375 g/mol. The van der Waals surface area contributed by atoms with Crippen LogP contribution < -0.4 is 20.1 Å². The molecule has 0 aromatic heterocycles. The van der Waals surface area contributed by atoms with E-state index in [0.29, 0.717) is 37.3 Å². The van der Waals surface area contributed by atoms with Crippen LogP contribution in [0.25, 0.3) is 0 Å². The van der Waals surface area contributed by atoms with Crippen LogP contribution in [0.5, 0.6) is 0 Å². The molecule has 1 fully saturated rings. The van der Waals surface area contributed by atoms with E-state index in [4.69, 9.17) is 10.5 Å². The number of benzene rings is 1. The van der Waals surface area contributed by atoms with Crippen molar-refractivity contribution in [1.29, 1.82) is 0 Å². The van der Waals surface area contributed by atoms with Gasteiger partial charge in [-0.3, -0.25) is 0 Å².